The maximum atomic E-state index is 13.8. The number of nitro groups is 1. The van der Waals surface area contributed by atoms with Crippen LogP contribution in [0.1, 0.15) is 11.1 Å². The van der Waals surface area contributed by atoms with Crippen molar-refractivity contribution in [1.29, 1.82) is 0 Å². The molecule has 1 aliphatic heterocycles. The predicted octanol–water partition coefficient (Wildman–Crippen LogP) is 5.03. The monoisotopic (exact) mass is 478 g/mol. The van der Waals surface area contributed by atoms with Gasteiger partial charge in [-0.3, -0.25) is 19.7 Å². The number of methoxy groups -OCH3 is 1. The number of amides is 2. The molecule has 2 bridgehead atoms. The van der Waals surface area contributed by atoms with Gasteiger partial charge in [-0.25, -0.2) is 4.90 Å². The van der Waals surface area contributed by atoms with E-state index in [2.05, 4.69) is 0 Å². The van der Waals surface area contributed by atoms with Gasteiger partial charge in [-0.05, 0) is 34.4 Å². The molecular weight excluding hydrogens is 456 g/mol. The van der Waals surface area contributed by atoms with E-state index in [0.29, 0.717) is 0 Å². The Bertz CT molecular complexity index is 1390. The summed E-state index contributed by atoms with van der Waals surface area (Å²) in [4.78, 5) is 39.7. The maximum absolute atomic E-state index is 13.8. The Labute approximate surface area is 207 Å². The second-order valence-electron chi connectivity index (χ2n) is 9.17. The summed E-state index contributed by atoms with van der Waals surface area (Å²) in [5.41, 5.74) is 3.81. The number of fused-ring (bicyclic) bond motifs is 5. The minimum Gasteiger partial charge on any atom is -0.496 e. The van der Waals surface area contributed by atoms with Crippen molar-refractivity contribution in [2.45, 2.75) is 0 Å². The number of allylic oxidation sites excluding steroid dienone is 3. The number of carbonyl (C=O) groups is 2. The van der Waals surface area contributed by atoms with Gasteiger partial charge in [0.25, 0.3) is 5.69 Å². The molecule has 2 fully saturated rings. The SMILES string of the molecule is COc1ccc(N2C(=O)[C@@H]3[C@H](C2=O)[C@@H]2C=C[C@H]3C2=C(c2ccccc2)c2ccccc2)c([N+](=O)[O-])c1. The fourth-order valence-corrected chi connectivity index (χ4v) is 6.01. The van der Waals surface area contributed by atoms with Gasteiger partial charge >= 0.3 is 0 Å². The van der Waals surface area contributed by atoms with Crippen molar-refractivity contribution >= 4 is 28.8 Å². The number of nitrogens with zero attached hydrogens (tertiary/aromatic N) is 2. The lowest BCUT2D eigenvalue weighted by Gasteiger charge is -2.21. The van der Waals surface area contributed by atoms with Crippen LogP contribution in [0.4, 0.5) is 11.4 Å². The number of rotatable bonds is 5. The summed E-state index contributed by atoms with van der Waals surface area (Å²) in [6.07, 6.45) is 4.04. The van der Waals surface area contributed by atoms with E-state index in [4.69, 9.17) is 4.74 Å². The van der Waals surface area contributed by atoms with E-state index in [9.17, 15) is 19.7 Å². The van der Waals surface area contributed by atoms with E-state index in [1.807, 2.05) is 72.8 Å². The van der Waals surface area contributed by atoms with Gasteiger partial charge in [-0.2, -0.15) is 0 Å². The summed E-state index contributed by atoms with van der Waals surface area (Å²) in [6.45, 7) is 0. The lowest BCUT2D eigenvalue weighted by atomic mass is 9.85. The molecule has 0 spiro atoms. The highest BCUT2D eigenvalue weighted by atomic mass is 16.6. The summed E-state index contributed by atoms with van der Waals surface area (Å²) in [6, 6.07) is 24.2. The molecule has 178 valence electrons. The summed E-state index contributed by atoms with van der Waals surface area (Å²) in [7, 11) is 1.41. The number of ether oxygens (including phenoxy) is 1. The number of benzene rings is 3. The molecule has 6 rings (SSSR count). The van der Waals surface area contributed by atoms with Gasteiger partial charge in [-0.15, -0.1) is 0 Å². The number of nitro benzene ring substituents is 1. The molecule has 3 aliphatic rings. The van der Waals surface area contributed by atoms with Crippen molar-refractivity contribution in [1.82, 2.24) is 0 Å². The Morgan fingerprint density at radius 3 is 1.83 bits per heavy atom. The molecule has 0 aromatic heterocycles. The number of hydrogen-bond acceptors (Lipinski definition) is 5. The van der Waals surface area contributed by atoms with E-state index in [1.165, 1.54) is 25.3 Å². The zero-order chi connectivity index (χ0) is 25.0. The lowest BCUT2D eigenvalue weighted by Crippen LogP contribution is -2.33. The van der Waals surface area contributed by atoms with E-state index < -0.39 is 28.6 Å². The van der Waals surface area contributed by atoms with E-state index in [1.54, 1.807) is 0 Å². The average molecular weight is 479 g/mol. The van der Waals surface area contributed by atoms with Crippen LogP contribution in [0.25, 0.3) is 5.57 Å². The summed E-state index contributed by atoms with van der Waals surface area (Å²) in [5, 5.41) is 11.8. The summed E-state index contributed by atoms with van der Waals surface area (Å²) >= 11 is 0. The molecule has 0 radical (unpaired) electrons. The molecule has 3 aromatic rings. The number of imide groups is 1. The standard InChI is InChI=1S/C29H22N2O5/c1-36-19-12-15-22(23(16-19)31(34)35)30-28(32)26-20-13-14-21(27(26)29(30)33)25(20)24(17-8-4-2-5-9-17)18-10-6-3-7-11-18/h2-16,20-21,26-27H,1H3/t20-,21+,26-,27+. The molecule has 1 heterocycles. The predicted molar refractivity (Wildman–Crippen MR) is 134 cm³/mol. The maximum Gasteiger partial charge on any atom is 0.297 e. The molecular formula is C29H22N2O5. The summed E-state index contributed by atoms with van der Waals surface area (Å²) in [5.74, 6) is -2.20. The first-order valence-electron chi connectivity index (χ1n) is 11.7. The van der Waals surface area contributed by atoms with Crippen molar-refractivity contribution in [3.63, 3.8) is 0 Å². The van der Waals surface area contributed by atoms with Crippen molar-refractivity contribution < 1.29 is 19.2 Å². The van der Waals surface area contributed by atoms with E-state index >= 15 is 0 Å². The molecule has 4 atom stereocenters. The van der Waals surface area contributed by atoms with Crippen molar-refractivity contribution in [2.24, 2.45) is 23.7 Å². The van der Waals surface area contributed by atoms with Crippen molar-refractivity contribution in [3.05, 3.63) is 118 Å². The molecule has 2 amide bonds. The molecule has 1 saturated carbocycles. The van der Waals surface area contributed by atoms with Crippen LogP contribution in [-0.4, -0.2) is 23.8 Å². The molecule has 1 saturated heterocycles. The van der Waals surface area contributed by atoms with Gasteiger partial charge in [0.1, 0.15) is 11.4 Å². The van der Waals surface area contributed by atoms with E-state index in [0.717, 1.165) is 27.2 Å². The van der Waals surface area contributed by atoms with Gasteiger partial charge in [0.2, 0.25) is 11.8 Å². The molecule has 36 heavy (non-hydrogen) atoms. The van der Waals surface area contributed by atoms with E-state index in [-0.39, 0.29) is 29.0 Å². The highest BCUT2D eigenvalue weighted by molar-refractivity contribution is 6.24. The van der Waals surface area contributed by atoms with Crippen LogP contribution < -0.4 is 9.64 Å². The number of anilines is 1. The first kappa shape index (κ1) is 22.0. The van der Waals surface area contributed by atoms with Gasteiger partial charge in [0, 0.05) is 11.8 Å². The molecule has 0 N–H and O–H groups in total. The minimum atomic E-state index is -0.591. The Balaban J connectivity index is 1.47. The highest BCUT2D eigenvalue weighted by Crippen LogP contribution is 2.59. The average Bonchev–Trinajstić information content (AvgIpc) is 3.54. The number of carbonyl (C=O) groups excluding carboxylic acids is 2. The zero-order valence-corrected chi connectivity index (χ0v) is 19.4. The Morgan fingerprint density at radius 2 is 1.36 bits per heavy atom. The zero-order valence-electron chi connectivity index (χ0n) is 19.4. The van der Waals surface area contributed by atoms with Crippen LogP contribution >= 0.6 is 0 Å². The third kappa shape index (κ3) is 3.12. The first-order chi connectivity index (χ1) is 17.5. The first-order valence-corrected chi connectivity index (χ1v) is 11.7. The van der Waals surface area contributed by atoms with Gasteiger partial charge in [0.05, 0.1) is 29.9 Å². The van der Waals surface area contributed by atoms with Crippen molar-refractivity contribution in [2.75, 3.05) is 12.0 Å². The van der Waals surface area contributed by atoms with Gasteiger partial charge < -0.3 is 4.74 Å². The summed E-state index contributed by atoms with van der Waals surface area (Å²) < 4.78 is 5.11. The minimum absolute atomic E-state index is 0.0125. The van der Waals surface area contributed by atoms with Crippen LogP contribution in [0.2, 0.25) is 0 Å². The second kappa shape index (κ2) is 8.30. The van der Waals surface area contributed by atoms with Crippen LogP contribution in [0.3, 0.4) is 0 Å². The third-order valence-corrected chi connectivity index (χ3v) is 7.45. The molecule has 2 aliphatic carbocycles. The smallest absolute Gasteiger partial charge is 0.297 e. The van der Waals surface area contributed by atoms with Crippen LogP contribution in [-0.2, 0) is 9.59 Å². The topological polar surface area (TPSA) is 89.8 Å². The largest absolute Gasteiger partial charge is 0.496 e. The quantitative estimate of drug-likeness (QED) is 0.222. The second-order valence-corrected chi connectivity index (χ2v) is 9.17. The fourth-order valence-electron chi connectivity index (χ4n) is 6.01. The van der Waals surface area contributed by atoms with Gasteiger partial charge in [0.15, 0.2) is 0 Å². The lowest BCUT2D eigenvalue weighted by molar-refractivity contribution is -0.384. The Kier molecular flexibility index (Phi) is 5.07. The molecule has 0 unspecified atom stereocenters. The molecule has 7 heteroatoms. The normalized spacial score (nSPS) is 23.8. The Hall–Kier alpha value is -4.52. The van der Waals surface area contributed by atoms with Crippen molar-refractivity contribution in [3.8, 4) is 5.75 Å². The van der Waals surface area contributed by atoms with Gasteiger partial charge in [-0.1, -0.05) is 72.8 Å². The van der Waals surface area contributed by atoms with Crippen LogP contribution in [0.15, 0.2) is 96.6 Å². The number of hydrogen-bond donors (Lipinski definition) is 0. The van der Waals surface area contributed by atoms with Crippen LogP contribution in [0, 0.1) is 33.8 Å². The Morgan fingerprint density at radius 1 is 0.833 bits per heavy atom. The molecule has 7 nitrogen and oxygen atoms in total. The van der Waals surface area contributed by atoms with Crippen LogP contribution in [0.5, 0.6) is 5.75 Å². The fraction of sp³-hybridized carbons (Fsp3) is 0.172. The molecule has 3 aromatic carbocycles. The third-order valence-electron chi connectivity index (χ3n) is 7.45. The highest BCUT2D eigenvalue weighted by Gasteiger charge is 2.63.